The topological polar surface area (TPSA) is 26.0 Å². The van der Waals surface area contributed by atoms with E-state index in [2.05, 4.69) is 13.8 Å². The van der Waals surface area contributed by atoms with Gasteiger partial charge in [0.2, 0.25) is 0 Å². The molecule has 1 aromatic rings. The molecular formula is C14H19ClFN. The largest absolute Gasteiger partial charge is 0.330 e. The molecule has 0 heterocycles. The summed E-state index contributed by atoms with van der Waals surface area (Å²) in [7, 11) is 0. The van der Waals surface area contributed by atoms with E-state index in [1.54, 1.807) is 12.1 Å². The molecule has 1 aliphatic carbocycles. The average Bonchev–Trinajstić information content (AvgIpc) is 2.20. The van der Waals surface area contributed by atoms with Gasteiger partial charge in [0.25, 0.3) is 0 Å². The standard InChI is InChI=1S/C14H19ClFN/c1-9(2)10-6-14(7-10,8-17)13-11(15)4-3-5-12(13)16/h3-5,9-10H,6-8,17H2,1-2H3. The number of halogens is 2. The summed E-state index contributed by atoms with van der Waals surface area (Å²) in [5, 5.41) is 0.512. The SMILES string of the molecule is CC(C)C1CC(CN)(c2c(F)cccc2Cl)C1. The molecule has 0 saturated heterocycles. The minimum absolute atomic E-state index is 0.217. The molecule has 0 bridgehead atoms. The fourth-order valence-corrected chi connectivity index (χ4v) is 3.26. The van der Waals surface area contributed by atoms with Gasteiger partial charge in [-0.3, -0.25) is 0 Å². The maximum atomic E-state index is 13.9. The van der Waals surface area contributed by atoms with Crippen molar-refractivity contribution >= 4 is 11.6 Å². The molecule has 1 saturated carbocycles. The molecule has 3 heteroatoms. The third-order valence-electron chi connectivity index (χ3n) is 4.13. The highest BCUT2D eigenvalue weighted by atomic mass is 35.5. The zero-order valence-corrected chi connectivity index (χ0v) is 11.1. The summed E-state index contributed by atoms with van der Waals surface area (Å²) in [5.41, 5.74) is 6.26. The molecule has 0 unspecified atom stereocenters. The highest BCUT2D eigenvalue weighted by Crippen LogP contribution is 2.52. The molecule has 0 spiro atoms. The minimum Gasteiger partial charge on any atom is -0.330 e. The second-order valence-electron chi connectivity index (χ2n) is 5.49. The first-order chi connectivity index (χ1) is 8.00. The molecule has 1 fully saturated rings. The maximum absolute atomic E-state index is 13.9. The molecule has 1 aromatic carbocycles. The molecule has 17 heavy (non-hydrogen) atoms. The van der Waals surface area contributed by atoms with Gasteiger partial charge in [-0.1, -0.05) is 31.5 Å². The second kappa shape index (κ2) is 4.58. The first-order valence-corrected chi connectivity index (χ1v) is 6.52. The van der Waals surface area contributed by atoms with Gasteiger partial charge in [-0.2, -0.15) is 0 Å². The van der Waals surface area contributed by atoms with E-state index in [4.69, 9.17) is 17.3 Å². The van der Waals surface area contributed by atoms with E-state index in [0.717, 1.165) is 12.8 Å². The Kier molecular flexibility index (Phi) is 3.46. The molecule has 1 nitrogen and oxygen atoms in total. The van der Waals surface area contributed by atoms with Crippen molar-refractivity contribution in [3.63, 3.8) is 0 Å². The Hall–Kier alpha value is -0.600. The number of rotatable bonds is 3. The van der Waals surface area contributed by atoms with E-state index < -0.39 is 0 Å². The van der Waals surface area contributed by atoms with Crippen molar-refractivity contribution in [1.82, 2.24) is 0 Å². The Morgan fingerprint density at radius 1 is 1.47 bits per heavy atom. The summed E-state index contributed by atoms with van der Waals surface area (Å²) in [5.74, 6) is 1.04. The van der Waals surface area contributed by atoms with E-state index in [1.165, 1.54) is 6.07 Å². The maximum Gasteiger partial charge on any atom is 0.128 e. The van der Waals surface area contributed by atoms with Crippen LogP contribution in [-0.2, 0) is 5.41 Å². The van der Waals surface area contributed by atoms with Crippen LogP contribution in [0.3, 0.4) is 0 Å². The molecular weight excluding hydrogens is 237 g/mol. The van der Waals surface area contributed by atoms with Crippen molar-refractivity contribution < 1.29 is 4.39 Å². The Morgan fingerprint density at radius 2 is 2.12 bits per heavy atom. The zero-order valence-electron chi connectivity index (χ0n) is 10.3. The molecule has 0 aliphatic heterocycles. The Bertz CT molecular complexity index is 390. The van der Waals surface area contributed by atoms with Crippen molar-refractivity contribution in [2.75, 3.05) is 6.54 Å². The van der Waals surface area contributed by atoms with Gasteiger partial charge in [-0.05, 0) is 36.8 Å². The third kappa shape index (κ3) is 2.09. The van der Waals surface area contributed by atoms with E-state index >= 15 is 0 Å². The fourth-order valence-electron chi connectivity index (χ4n) is 2.89. The van der Waals surface area contributed by atoms with E-state index in [1.807, 2.05) is 0 Å². The predicted octanol–water partition coefficient (Wildman–Crippen LogP) is 3.74. The summed E-state index contributed by atoms with van der Waals surface area (Å²) in [4.78, 5) is 0. The van der Waals surface area contributed by atoms with Gasteiger partial charge >= 0.3 is 0 Å². The summed E-state index contributed by atoms with van der Waals surface area (Å²) in [6.07, 6.45) is 1.89. The van der Waals surface area contributed by atoms with Gasteiger partial charge in [0.15, 0.2) is 0 Å². The van der Waals surface area contributed by atoms with Crippen LogP contribution in [0.5, 0.6) is 0 Å². The van der Waals surface area contributed by atoms with Crippen LogP contribution < -0.4 is 5.73 Å². The van der Waals surface area contributed by atoms with Crippen LogP contribution >= 0.6 is 11.6 Å². The summed E-state index contributed by atoms with van der Waals surface area (Å²) < 4.78 is 13.9. The summed E-state index contributed by atoms with van der Waals surface area (Å²) in [6.45, 7) is 4.87. The quantitative estimate of drug-likeness (QED) is 0.875. The van der Waals surface area contributed by atoms with Gasteiger partial charge in [0.05, 0.1) is 0 Å². The van der Waals surface area contributed by atoms with E-state index in [0.29, 0.717) is 29.0 Å². The monoisotopic (exact) mass is 255 g/mol. The first kappa shape index (κ1) is 12.8. The predicted molar refractivity (Wildman–Crippen MR) is 69.7 cm³/mol. The second-order valence-corrected chi connectivity index (χ2v) is 5.90. The van der Waals surface area contributed by atoms with Gasteiger partial charge in [-0.15, -0.1) is 0 Å². The highest BCUT2D eigenvalue weighted by Gasteiger charge is 2.47. The van der Waals surface area contributed by atoms with Gasteiger partial charge in [0, 0.05) is 22.5 Å². The lowest BCUT2D eigenvalue weighted by molar-refractivity contribution is 0.103. The molecule has 0 amide bonds. The fraction of sp³-hybridized carbons (Fsp3) is 0.571. The van der Waals surface area contributed by atoms with Crippen LogP contribution in [0.2, 0.25) is 5.02 Å². The molecule has 0 aromatic heterocycles. The number of hydrogen-bond acceptors (Lipinski definition) is 1. The number of hydrogen-bond donors (Lipinski definition) is 1. The van der Waals surface area contributed by atoms with Gasteiger partial charge in [-0.25, -0.2) is 4.39 Å². The first-order valence-electron chi connectivity index (χ1n) is 6.15. The van der Waals surface area contributed by atoms with Gasteiger partial charge < -0.3 is 5.73 Å². The Balaban J connectivity index is 2.32. The molecule has 94 valence electrons. The lowest BCUT2D eigenvalue weighted by Gasteiger charge is -2.50. The number of nitrogens with two attached hydrogens (primary N) is 1. The molecule has 2 N–H and O–H groups in total. The molecule has 2 rings (SSSR count). The van der Waals surface area contributed by atoms with Crippen LogP contribution in [0.4, 0.5) is 4.39 Å². The van der Waals surface area contributed by atoms with Crippen molar-refractivity contribution in [2.24, 2.45) is 17.6 Å². The Labute approximate surface area is 107 Å². The van der Waals surface area contributed by atoms with Gasteiger partial charge in [0.1, 0.15) is 5.82 Å². The lowest BCUT2D eigenvalue weighted by Crippen LogP contribution is -2.49. The van der Waals surface area contributed by atoms with Crippen LogP contribution in [0.15, 0.2) is 18.2 Å². The normalized spacial score (nSPS) is 28.2. The van der Waals surface area contributed by atoms with E-state index in [9.17, 15) is 4.39 Å². The molecule has 0 atom stereocenters. The highest BCUT2D eigenvalue weighted by molar-refractivity contribution is 6.31. The molecule has 0 radical (unpaired) electrons. The van der Waals surface area contributed by atoms with Crippen molar-refractivity contribution in [3.8, 4) is 0 Å². The van der Waals surface area contributed by atoms with Crippen LogP contribution in [0.25, 0.3) is 0 Å². The van der Waals surface area contributed by atoms with Crippen LogP contribution in [0.1, 0.15) is 32.3 Å². The Morgan fingerprint density at radius 3 is 2.59 bits per heavy atom. The van der Waals surface area contributed by atoms with Crippen LogP contribution in [-0.4, -0.2) is 6.54 Å². The van der Waals surface area contributed by atoms with E-state index in [-0.39, 0.29) is 11.2 Å². The lowest BCUT2D eigenvalue weighted by atomic mass is 9.56. The average molecular weight is 256 g/mol. The summed E-state index contributed by atoms with van der Waals surface area (Å²) >= 11 is 6.14. The summed E-state index contributed by atoms with van der Waals surface area (Å²) in [6, 6.07) is 4.87. The number of benzene rings is 1. The zero-order chi connectivity index (χ0) is 12.6. The van der Waals surface area contributed by atoms with Crippen molar-refractivity contribution in [1.29, 1.82) is 0 Å². The smallest absolute Gasteiger partial charge is 0.128 e. The van der Waals surface area contributed by atoms with Crippen LogP contribution in [0, 0.1) is 17.7 Å². The van der Waals surface area contributed by atoms with Crippen molar-refractivity contribution in [3.05, 3.63) is 34.6 Å². The van der Waals surface area contributed by atoms with Crippen molar-refractivity contribution in [2.45, 2.75) is 32.1 Å². The third-order valence-corrected chi connectivity index (χ3v) is 4.45. The molecule has 1 aliphatic rings. The minimum atomic E-state index is -0.239.